The van der Waals surface area contributed by atoms with Gasteiger partial charge in [-0.3, -0.25) is 9.48 Å². The lowest BCUT2D eigenvalue weighted by atomic mass is 9.71. The summed E-state index contributed by atoms with van der Waals surface area (Å²) < 4.78 is 7.64. The monoisotopic (exact) mass is 293 g/mol. The lowest BCUT2D eigenvalue weighted by Crippen LogP contribution is -2.52. The molecule has 1 heterocycles. The van der Waals surface area contributed by atoms with Crippen LogP contribution in [-0.2, 0) is 11.8 Å². The summed E-state index contributed by atoms with van der Waals surface area (Å²) in [5.41, 5.74) is -0.663. The third-order valence-corrected chi connectivity index (χ3v) is 4.49. The fourth-order valence-electron chi connectivity index (χ4n) is 3.35. The Morgan fingerprint density at radius 1 is 1.52 bits per heavy atom. The van der Waals surface area contributed by atoms with E-state index in [0.717, 1.165) is 25.0 Å². The first-order valence-electron chi connectivity index (χ1n) is 7.61. The van der Waals surface area contributed by atoms with Crippen LogP contribution in [0.5, 0.6) is 5.75 Å². The van der Waals surface area contributed by atoms with E-state index >= 15 is 0 Å². The summed E-state index contributed by atoms with van der Waals surface area (Å²) in [6, 6.07) is 0.0586. The molecule has 2 aliphatic carbocycles. The van der Waals surface area contributed by atoms with Gasteiger partial charge in [0.25, 0.3) is 0 Å². The zero-order chi connectivity index (χ0) is 15.0. The van der Waals surface area contributed by atoms with Crippen LogP contribution in [0.25, 0.3) is 0 Å². The molecule has 0 unspecified atom stereocenters. The van der Waals surface area contributed by atoms with Crippen LogP contribution in [0, 0.1) is 5.92 Å². The van der Waals surface area contributed by atoms with E-state index in [1.165, 1.54) is 0 Å². The highest BCUT2D eigenvalue weighted by Crippen LogP contribution is 2.37. The van der Waals surface area contributed by atoms with Crippen LogP contribution in [0.4, 0.5) is 0 Å². The third-order valence-electron chi connectivity index (χ3n) is 4.49. The minimum absolute atomic E-state index is 0.0127. The first kappa shape index (κ1) is 14.4. The van der Waals surface area contributed by atoms with Crippen molar-refractivity contribution < 1.29 is 14.6 Å². The molecule has 3 rings (SSSR count). The van der Waals surface area contributed by atoms with Crippen molar-refractivity contribution in [2.45, 2.75) is 56.8 Å². The van der Waals surface area contributed by atoms with Gasteiger partial charge in [-0.25, -0.2) is 0 Å². The minimum Gasteiger partial charge on any atom is -0.485 e. The van der Waals surface area contributed by atoms with Gasteiger partial charge in [-0.1, -0.05) is 0 Å². The first-order chi connectivity index (χ1) is 9.93. The topological polar surface area (TPSA) is 76.4 Å². The maximum Gasteiger partial charge on any atom is 0.223 e. The van der Waals surface area contributed by atoms with E-state index in [2.05, 4.69) is 10.4 Å². The lowest BCUT2D eigenvalue weighted by Gasteiger charge is -2.40. The van der Waals surface area contributed by atoms with Crippen molar-refractivity contribution in [3.8, 4) is 5.75 Å². The molecule has 2 aliphatic rings. The molecule has 2 atom stereocenters. The van der Waals surface area contributed by atoms with Gasteiger partial charge in [-0.15, -0.1) is 0 Å². The Labute approximate surface area is 124 Å². The number of ether oxygens (including phenoxy) is 1. The number of amides is 1. The van der Waals surface area contributed by atoms with Gasteiger partial charge < -0.3 is 15.2 Å². The van der Waals surface area contributed by atoms with Crippen molar-refractivity contribution >= 4 is 5.91 Å². The van der Waals surface area contributed by atoms with Crippen LogP contribution in [0.3, 0.4) is 0 Å². The molecule has 21 heavy (non-hydrogen) atoms. The summed E-state index contributed by atoms with van der Waals surface area (Å²) in [6.45, 7) is 1.78. The van der Waals surface area contributed by atoms with Gasteiger partial charge in [0.2, 0.25) is 5.91 Å². The predicted molar refractivity (Wildman–Crippen MR) is 76.8 cm³/mol. The van der Waals surface area contributed by atoms with Crippen LogP contribution in [0.15, 0.2) is 12.4 Å². The molecule has 2 N–H and O–H groups in total. The number of carbonyl (C=O) groups excluding carboxylic acids is 1. The molecule has 0 radical (unpaired) electrons. The highest BCUT2D eigenvalue weighted by Gasteiger charge is 2.43. The quantitative estimate of drug-likeness (QED) is 0.868. The number of rotatable bonds is 4. The summed E-state index contributed by atoms with van der Waals surface area (Å²) in [4.78, 5) is 12.2. The maximum absolute atomic E-state index is 12.2. The Hall–Kier alpha value is -1.56. The third kappa shape index (κ3) is 3.20. The molecular weight excluding hydrogens is 270 g/mol. The Balaban J connectivity index is 1.53. The molecule has 0 aliphatic heterocycles. The smallest absolute Gasteiger partial charge is 0.223 e. The number of carbonyl (C=O) groups is 1. The molecule has 0 saturated heterocycles. The average Bonchev–Trinajstić information content (AvgIpc) is 2.97. The van der Waals surface area contributed by atoms with Crippen molar-refractivity contribution in [3.63, 3.8) is 0 Å². The van der Waals surface area contributed by atoms with Gasteiger partial charge in [0.15, 0.2) is 5.75 Å². The molecule has 2 fully saturated rings. The molecule has 1 aromatic heterocycles. The SMILES string of the molecule is Cn1cc(O[C@@H]2CCC[C@@H]2NC(=O)C2CC(C)(O)C2)cn1. The Morgan fingerprint density at radius 3 is 2.90 bits per heavy atom. The molecule has 1 aromatic rings. The van der Waals surface area contributed by atoms with Crippen LogP contribution >= 0.6 is 0 Å². The van der Waals surface area contributed by atoms with Crippen LogP contribution in [-0.4, -0.2) is 38.5 Å². The van der Waals surface area contributed by atoms with E-state index in [0.29, 0.717) is 12.8 Å². The fourth-order valence-corrected chi connectivity index (χ4v) is 3.35. The number of hydrogen-bond donors (Lipinski definition) is 2. The molecule has 1 amide bonds. The standard InChI is InChI=1S/C15H23N3O3/c1-15(20)6-10(7-15)14(19)17-12-4-3-5-13(12)21-11-8-16-18(2)9-11/h8-10,12-13,20H,3-7H2,1-2H3,(H,17,19)/t10?,12-,13+,15?/m0/s1. The highest BCUT2D eigenvalue weighted by atomic mass is 16.5. The van der Waals surface area contributed by atoms with Crippen LogP contribution in [0.1, 0.15) is 39.0 Å². The number of aromatic nitrogens is 2. The molecule has 0 spiro atoms. The summed E-state index contributed by atoms with van der Waals surface area (Å²) >= 11 is 0. The number of aryl methyl sites for hydroxylation is 1. The van der Waals surface area contributed by atoms with Gasteiger partial charge >= 0.3 is 0 Å². The van der Waals surface area contributed by atoms with Gasteiger partial charge in [-0.05, 0) is 39.0 Å². The second-order valence-corrected chi connectivity index (χ2v) is 6.65. The second kappa shape index (κ2) is 5.33. The summed E-state index contributed by atoms with van der Waals surface area (Å²) in [6.07, 6.45) is 7.60. The highest BCUT2D eigenvalue weighted by molar-refractivity contribution is 5.80. The normalized spacial score (nSPS) is 35.3. The summed E-state index contributed by atoms with van der Waals surface area (Å²) in [7, 11) is 1.85. The van der Waals surface area contributed by atoms with Gasteiger partial charge in [0.05, 0.1) is 24.0 Å². The molecule has 116 valence electrons. The molecule has 6 nitrogen and oxygen atoms in total. The van der Waals surface area contributed by atoms with Crippen molar-refractivity contribution in [1.82, 2.24) is 15.1 Å². The van der Waals surface area contributed by atoms with E-state index in [-0.39, 0.29) is 24.0 Å². The lowest BCUT2D eigenvalue weighted by molar-refractivity contribution is -0.140. The number of nitrogens with one attached hydrogen (secondary N) is 1. The zero-order valence-electron chi connectivity index (χ0n) is 12.6. The van der Waals surface area contributed by atoms with Crippen molar-refractivity contribution in [2.75, 3.05) is 0 Å². The predicted octanol–water partition coefficient (Wildman–Crippen LogP) is 0.997. The average molecular weight is 293 g/mol. The van der Waals surface area contributed by atoms with Crippen molar-refractivity contribution in [1.29, 1.82) is 0 Å². The van der Waals surface area contributed by atoms with Crippen molar-refractivity contribution in [2.24, 2.45) is 13.0 Å². The molecule has 2 saturated carbocycles. The zero-order valence-corrected chi connectivity index (χ0v) is 12.6. The molecule has 0 bridgehead atoms. The Morgan fingerprint density at radius 2 is 2.29 bits per heavy atom. The van der Waals surface area contributed by atoms with E-state index in [1.807, 2.05) is 13.2 Å². The molecule has 0 aromatic carbocycles. The second-order valence-electron chi connectivity index (χ2n) is 6.65. The number of aliphatic hydroxyl groups is 1. The minimum atomic E-state index is -0.663. The largest absolute Gasteiger partial charge is 0.485 e. The summed E-state index contributed by atoms with van der Waals surface area (Å²) in [5.74, 6) is 0.739. The van der Waals surface area contributed by atoms with E-state index in [4.69, 9.17) is 4.74 Å². The fraction of sp³-hybridized carbons (Fsp3) is 0.733. The van der Waals surface area contributed by atoms with Crippen LogP contribution < -0.4 is 10.1 Å². The van der Waals surface area contributed by atoms with Gasteiger partial charge in [0, 0.05) is 13.0 Å². The van der Waals surface area contributed by atoms with Gasteiger partial charge in [-0.2, -0.15) is 5.10 Å². The molecule has 6 heteroatoms. The number of nitrogens with zero attached hydrogens (tertiary/aromatic N) is 2. The number of hydrogen-bond acceptors (Lipinski definition) is 4. The summed E-state index contributed by atoms with van der Waals surface area (Å²) in [5, 5.41) is 16.9. The van der Waals surface area contributed by atoms with Gasteiger partial charge in [0.1, 0.15) is 6.10 Å². The van der Waals surface area contributed by atoms with E-state index in [1.54, 1.807) is 17.8 Å². The van der Waals surface area contributed by atoms with E-state index < -0.39 is 5.60 Å². The Bertz CT molecular complexity index is 518. The van der Waals surface area contributed by atoms with Crippen molar-refractivity contribution in [3.05, 3.63) is 12.4 Å². The molecular formula is C15H23N3O3. The van der Waals surface area contributed by atoms with Crippen LogP contribution in [0.2, 0.25) is 0 Å². The first-order valence-corrected chi connectivity index (χ1v) is 7.61. The maximum atomic E-state index is 12.2. The Kier molecular flexibility index (Phi) is 3.65. The van der Waals surface area contributed by atoms with E-state index in [9.17, 15) is 9.90 Å².